The normalized spacial score (nSPS) is 14.0. The fraction of sp³-hybridized carbons (Fsp3) is 0.200. The molecule has 6 heteroatoms. The SMILES string of the molecule is COc1ccc(/C=C2\Oc3cc(OC(C)=O)cc(C)c3C2=O)cc1OC. The summed E-state index contributed by atoms with van der Waals surface area (Å²) >= 11 is 0. The molecule has 1 heterocycles. The Morgan fingerprint density at radius 2 is 1.81 bits per heavy atom. The topological polar surface area (TPSA) is 71.1 Å². The van der Waals surface area contributed by atoms with Crippen LogP contribution in [0.5, 0.6) is 23.0 Å². The van der Waals surface area contributed by atoms with E-state index in [0.29, 0.717) is 34.1 Å². The number of ether oxygens (including phenoxy) is 4. The van der Waals surface area contributed by atoms with Gasteiger partial charge >= 0.3 is 5.97 Å². The number of hydrogen-bond donors (Lipinski definition) is 0. The second-order valence-electron chi connectivity index (χ2n) is 5.76. The van der Waals surface area contributed by atoms with Crippen LogP contribution in [0.1, 0.15) is 28.4 Å². The number of fused-ring (bicyclic) bond motifs is 1. The van der Waals surface area contributed by atoms with Crippen molar-refractivity contribution in [3.63, 3.8) is 0 Å². The number of methoxy groups -OCH3 is 2. The maximum Gasteiger partial charge on any atom is 0.308 e. The van der Waals surface area contributed by atoms with Crippen LogP contribution in [0.15, 0.2) is 36.1 Å². The number of aryl methyl sites for hydroxylation is 1. The minimum atomic E-state index is -0.435. The Morgan fingerprint density at radius 3 is 2.46 bits per heavy atom. The van der Waals surface area contributed by atoms with Crippen LogP contribution in [-0.2, 0) is 4.79 Å². The molecule has 0 bridgehead atoms. The predicted molar refractivity (Wildman–Crippen MR) is 95.0 cm³/mol. The van der Waals surface area contributed by atoms with Gasteiger partial charge in [-0.1, -0.05) is 6.07 Å². The summed E-state index contributed by atoms with van der Waals surface area (Å²) in [4.78, 5) is 23.8. The van der Waals surface area contributed by atoms with Crippen molar-refractivity contribution in [3.05, 3.63) is 52.8 Å². The van der Waals surface area contributed by atoms with Crippen molar-refractivity contribution in [2.75, 3.05) is 14.2 Å². The number of rotatable bonds is 4. The highest BCUT2D eigenvalue weighted by Crippen LogP contribution is 2.38. The van der Waals surface area contributed by atoms with E-state index in [2.05, 4.69) is 0 Å². The van der Waals surface area contributed by atoms with Crippen molar-refractivity contribution in [1.29, 1.82) is 0 Å². The number of Topliss-reactive ketones (excluding diaryl/α,β-unsaturated/α-hetero) is 1. The first-order valence-electron chi connectivity index (χ1n) is 7.92. The molecule has 6 nitrogen and oxygen atoms in total. The van der Waals surface area contributed by atoms with Gasteiger partial charge in [0.2, 0.25) is 5.78 Å². The predicted octanol–water partition coefficient (Wildman–Crippen LogP) is 3.55. The molecule has 0 fully saturated rings. The van der Waals surface area contributed by atoms with Crippen molar-refractivity contribution >= 4 is 17.8 Å². The van der Waals surface area contributed by atoms with Gasteiger partial charge in [0.1, 0.15) is 11.5 Å². The van der Waals surface area contributed by atoms with Crippen LogP contribution in [0, 0.1) is 6.92 Å². The Kier molecular flexibility index (Phi) is 4.67. The molecule has 2 aromatic carbocycles. The summed E-state index contributed by atoms with van der Waals surface area (Å²) in [6.45, 7) is 3.09. The third kappa shape index (κ3) is 3.26. The highest BCUT2D eigenvalue weighted by atomic mass is 16.5. The van der Waals surface area contributed by atoms with Gasteiger partial charge < -0.3 is 18.9 Å². The average Bonchev–Trinajstić information content (AvgIpc) is 2.90. The van der Waals surface area contributed by atoms with E-state index in [9.17, 15) is 9.59 Å². The smallest absolute Gasteiger partial charge is 0.308 e. The van der Waals surface area contributed by atoms with E-state index in [-0.39, 0.29) is 11.5 Å². The zero-order valence-corrected chi connectivity index (χ0v) is 14.9. The molecule has 0 amide bonds. The molecule has 1 aliphatic rings. The Morgan fingerprint density at radius 1 is 1.08 bits per heavy atom. The molecule has 1 aliphatic heterocycles. The zero-order valence-electron chi connectivity index (χ0n) is 14.9. The van der Waals surface area contributed by atoms with E-state index in [0.717, 1.165) is 5.56 Å². The van der Waals surface area contributed by atoms with Gasteiger partial charge in [-0.15, -0.1) is 0 Å². The number of carbonyl (C=O) groups is 2. The molecule has 3 rings (SSSR count). The van der Waals surface area contributed by atoms with Crippen molar-refractivity contribution in [1.82, 2.24) is 0 Å². The molecule has 0 unspecified atom stereocenters. The van der Waals surface area contributed by atoms with Crippen LogP contribution >= 0.6 is 0 Å². The number of benzene rings is 2. The van der Waals surface area contributed by atoms with E-state index in [1.165, 1.54) is 13.0 Å². The fourth-order valence-electron chi connectivity index (χ4n) is 2.80. The van der Waals surface area contributed by atoms with Gasteiger partial charge in [-0.3, -0.25) is 9.59 Å². The van der Waals surface area contributed by atoms with Crippen LogP contribution in [0.2, 0.25) is 0 Å². The molecule has 0 spiro atoms. The first-order valence-corrected chi connectivity index (χ1v) is 7.92. The minimum absolute atomic E-state index is 0.190. The van der Waals surface area contributed by atoms with Crippen LogP contribution in [0.4, 0.5) is 0 Å². The molecule has 0 aromatic heterocycles. The lowest BCUT2D eigenvalue weighted by Crippen LogP contribution is -2.02. The van der Waals surface area contributed by atoms with E-state index in [1.54, 1.807) is 51.5 Å². The van der Waals surface area contributed by atoms with Gasteiger partial charge in [0.05, 0.1) is 19.8 Å². The first kappa shape index (κ1) is 17.5. The van der Waals surface area contributed by atoms with Gasteiger partial charge in [0, 0.05) is 13.0 Å². The van der Waals surface area contributed by atoms with Crippen LogP contribution in [0.25, 0.3) is 6.08 Å². The first-order chi connectivity index (χ1) is 12.4. The molecular formula is C20H18O6. The Labute approximate surface area is 150 Å². The third-order valence-electron chi connectivity index (χ3n) is 3.91. The molecule has 0 atom stereocenters. The molecule has 0 saturated carbocycles. The highest BCUT2D eigenvalue weighted by Gasteiger charge is 2.30. The number of allylic oxidation sites excluding steroid dienone is 1. The Bertz CT molecular complexity index is 926. The van der Waals surface area contributed by atoms with E-state index >= 15 is 0 Å². The highest BCUT2D eigenvalue weighted by molar-refractivity contribution is 6.15. The van der Waals surface area contributed by atoms with E-state index in [1.807, 2.05) is 0 Å². The van der Waals surface area contributed by atoms with Crippen LogP contribution < -0.4 is 18.9 Å². The molecule has 26 heavy (non-hydrogen) atoms. The summed E-state index contributed by atoms with van der Waals surface area (Å²) in [6, 6.07) is 8.48. The monoisotopic (exact) mass is 354 g/mol. The summed E-state index contributed by atoms with van der Waals surface area (Å²) in [7, 11) is 3.10. The fourth-order valence-corrected chi connectivity index (χ4v) is 2.80. The number of hydrogen-bond acceptors (Lipinski definition) is 6. The molecule has 0 radical (unpaired) electrons. The maximum atomic E-state index is 12.7. The lowest BCUT2D eigenvalue weighted by Gasteiger charge is -2.08. The molecule has 0 saturated heterocycles. The van der Waals surface area contributed by atoms with Gasteiger partial charge in [-0.05, 0) is 42.3 Å². The summed E-state index contributed by atoms with van der Waals surface area (Å²) in [6.07, 6.45) is 1.63. The Hall–Kier alpha value is -3.28. The van der Waals surface area contributed by atoms with Crippen molar-refractivity contribution in [3.8, 4) is 23.0 Å². The number of carbonyl (C=O) groups excluding carboxylic acids is 2. The summed E-state index contributed by atoms with van der Waals surface area (Å²) in [5.41, 5.74) is 1.88. The maximum absolute atomic E-state index is 12.7. The van der Waals surface area contributed by atoms with Gasteiger partial charge in [-0.2, -0.15) is 0 Å². The molecule has 0 aliphatic carbocycles. The largest absolute Gasteiger partial charge is 0.493 e. The van der Waals surface area contributed by atoms with Crippen molar-refractivity contribution in [2.45, 2.75) is 13.8 Å². The quantitative estimate of drug-likeness (QED) is 0.475. The van der Waals surface area contributed by atoms with Crippen molar-refractivity contribution < 1.29 is 28.5 Å². The molecular weight excluding hydrogens is 336 g/mol. The third-order valence-corrected chi connectivity index (χ3v) is 3.91. The summed E-state index contributed by atoms with van der Waals surface area (Å²) < 4.78 is 21.3. The second-order valence-corrected chi connectivity index (χ2v) is 5.76. The zero-order chi connectivity index (χ0) is 18.8. The second kappa shape index (κ2) is 6.92. The van der Waals surface area contributed by atoms with Gasteiger partial charge in [-0.25, -0.2) is 0 Å². The van der Waals surface area contributed by atoms with E-state index in [4.69, 9.17) is 18.9 Å². The standard InChI is InChI=1S/C20H18O6/c1-11-7-14(25-12(2)21)10-17-19(11)20(22)18(26-17)9-13-5-6-15(23-3)16(8-13)24-4/h5-10H,1-4H3/b18-9-. The molecule has 134 valence electrons. The number of esters is 1. The van der Waals surface area contributed by atoms with Crippen LogP contribution in [-0.4, -0.2) is 26.0 Å². The molecule has 0 N–H and O–H groups in total. The Balaban J connectivity index is 1.96. The van der Waals surface area contributed by atoms with Crippen LogP contribution in [0.3, 0.4) is 0 Å². The average molecular weight is 354 g/mol. The van der Waals surface area contributed by atoms with E-state index < -0.39 is 5.97 Å². The van der Waals surface area contributed by atoms with Gasteiger partial charge in [0.25, 0.3) is 0 Å². The summed E-state index contributed by atoms with van der Waals surface area (Å²) in [5, 5.41) is 0. The molecule has 2 aromatic rings. The number of ketones is 1. The van der Waals surface area contributed by atoms with Crippen molar-refractivity contribution in [2.24, 2.45) is 0 Å². The lowest BCUT2D eigenvalue weighted by molar-refractivity contribution is -0.131. The lowest BCUT2D eigenvalue weighted by atomic mass is 10.0. The van der Waals surface area contributed by atoms with Gasteiger partial charge in [0.15, 0.2) is 17.3 Å². The summed E-state index contributed by atoms with van der Waals surface area (Å²) in [5.74, 6) is 1.40. The minimum Gasteiger partial charge on any atom is -0.493 e.